The molecule has 47 heavy (non-hydrogen) atoms. The van der Waals surface area contributed by atoms with Crippen LogP contribution in [0, 0.1) is 0 Å². The lowest BCUT2D eigenvalue weighted by atomic mass is 9.81. The van der Waals surface area contributed by atoms with Gasteiger partial charge in [0, 0.05) is 44.9 Å². The average Bonchev–Trinajstić information content (AvgIpc) is 3.60. The lowest BCUT2D eigenvalue weighted by molar-refractivity contribution is 0.647. The topological polar surface area (TPSA) is 16.4 Å². The largest absolute Gasteiger partial charge is 0.456 e. The van der Waals surface area contributed by atoms with Gasteiger partial charge in [-0.1, -0.05) is 129 Å². The molecule has 1 aliphatic carbocycles. The third kappa shape index (κ3) is 4.33. The van der Waals surface area contributed by atoms with Crippen molar-refractivity contribution in [3.05, 3.63) is 175 Å². The van der Waals surface area contributed by atoms with E-state index in [0.717, 1.165) is 33.6 Å². The molecule has 0 bridgehead atoms. The maximum atomic E-state index is 6.84. The van der Waals surface area contributed by atoms with Crippen molar-refractivity contribution in [3.63, 3.8) is 0 Å². The van der Waals surface area contributed by atoms with Gasteiger partial charge in [0.1, 0.15) is 11.2 Å². The van der Waals surface area contributed by atoms with E-state index in [0.29, 0.717) is 0 Å². The molecular weight excluding hydrogens is 571 g/mol. The molecule has 2 heteroatoms. The standard InChI is InChI=1S/C45H33NO/c1-45(2)38-21-13-12-20-36(38)43-39(45)29-41-44(42(43)32-16-8-4-9-17-32)37-27-26-35(28-40(37)47-41)46(33-18-10-5-11-19-33)34-24-22-31(23-25-34)30-14-6-3-7-15-30/h3-29H,1-2H3. The molecule has 0 aliphatic heterocycles. The Morgan fingerprint density at radius 2 is 1.02 bits per heavy atom. The summed E-state index contributed by atoms with van der Waals surface area (Å²) in [5, 5.41) is 2.29. The van der Waals surface area contributed by atoms with Crippen LogP contribution in [0.4, 0.5) is 17.1 Å². The molecule has 0 saturated heterocycles. The predicted molar refractivity (Wildman–Crippen MR) is 197 cm³/mol. The minimum Gasteiger partial charge on any atom is -0.456 e. The van der Waals surface area contributed by atoms with Crippen molar-refractivity contribution in [2.45, 2.75) is 19.3 Å². The molecule has 0 fully saturated rings. The van der Waals surface area contributed by atoms with E-state index in [1.54, 1.807) is 0 Å². The zero-order valence-electron chi connectivity index (χ0n) is 26.4. The lowest BCUT2D eigenvalue weighted by Crippen LogP contribution is -2.14. The van der Waals surface area contributed by atoms with E-state index in [1.807, 2.05) is 0 Å². The zero-order valence-corrected chi connectivity index (χ0v) is 26.4. The van der Waals surface area contributed by atoms with Crippen molar-refractivity contribution in [2.75, 3.05) is 4.90 Å². The molecule has 0 N–H and O–H groups in total. The van der Waals surface area contributed by atoms with Crippen LogP contribution >= 0.6 is 0 Å². The van der Waals surface area contributed by atoms with Crippen LogP contribution in [-0.2, 0) is 5.41 Å². The highest BCUT2D eigenvalue weighted by molar-refractivity contribution is 6.18. The molecule has 0 unspecified atom stereocenters. The van der Waals surface area contributed by atoms with Crippen LogP contribution < -0.4 is 4.90 Å². The Morgan fingerprint density at radius 3 is 1.74 bits per heavy atom. The van der Waals surface area contributed by atoms with Gasteiger partial charge in [-0.3, -0.25) is 0 Å². The summed E-state index contributed by atoms with van der Waals surface area (Å²) < 4.78 is 6.84. The van der Waals surface area contributed by atoms with Gasteiger partial charge in [-0.25, -0.2) is 0 Å². The van der Waals surface area contributed by atoms with Crippen molar-refractivity contribution in [3.8, 4) is 33.4 Å². The van der Waals surface area contributed by atoms with E-state index in [4.69, 9.17) is 4.42 Å². The number of hydrogen-bond donors (Lipinski definition) is 0. The Kier molecular flexibility index (Phi) is 6.20. The van der Waals surface area contributed by atoms with E-state index < -0.39 is 0 Å². The third-order valence-electron chi connectivity index (χ3n) is 9.86. The molecule has 0 spiro atoms. The molecule has 7 aromatic carbocycles. The van der Waals surface area contributed by atoms with Crippen LogP contribution in [0.1, 0.15) is 25.0 Å². The van der Waals surface area contributed by atoms with Gasteiger partial charge in [0.15, 0.2) is 0 Å². The van der Waals surface area contributed by atoms with Crippen LogP contribution in [0.25, 0.3) is 55.3 Å². The molecule has 0 radical (unpaired) electrons. The van der Waals surface area contributed by atoms with Crippen LogP contribution in [-0.4, -0.2) is 0 Å². The van der Waals surface area contributed by atoms with Crippen molar-refractivity contribution >= 4 is 39.0 Å². The molecule has 1 heterocycles. The summed E-state index contributed by atoms with van der Waals surface area (Å²) in [5.74, 6) is 0. The Morgan fingerprint density at radius 1 is 0.447 bits per heavy atom. The van der Waals surface area contributed by atoms with Gasteiger partial charge in [0.25, 0.3) is 0 Å². The van der Waals surface area contributed by atoms with Crippen LogP contribution in [0.3, 0.4) is 0 Å². The van der Waals surface area contributed by atoms with Crippen LogP contribution in [0.5, 0.6) is 0 Å². The summed E-state index contributed by atoms with van der Waals surface area (Å²) in [6.07, 6.45) is 0. The van der Waals surface area contributed by atoms with E-state index in [-0.39, 0.29) is 5.41 Å². The number of fused-ring (bicyclic) bond motifs is 6. The summed E-state index contributed by atoms with van der Waals surface area (Å²) >= 11 is 0. The lowest BCUT2D eigenvalue weighted by Gasteiger charge is -2.25. The van der Waals surface area contributed by atoms with E-state index in [1.165, 1.54) is 49.9 Å². The van der Waals surface area contributed by atoms with E-state index in [2.05, 4.69) is 183 Å². The van der Waals surface area contributed by atoms with Gasteiger partial charge in [-0.05, 0) is 81.4 Å². The second-order valence-electron chi connectivity index (χ2n) is 13.0. The fourth-order valence-corrected chi connectivity index (χ4v) is 7.58. The second-order valence-corrected chi connectivity index (χ2v) is 13.0. The monoisotopic (exact) mass is 603 g/mol. The zero-order chi connectivity index (χ0) is 31.5. The average molecular weight is 604 g/mol. The third-order valence-corrected chi connectivity index (χ3v) is 9.86. The molecule has 0 amide bonds. The SMILES string of the molecule is CC1(C)c2ccccc2-c2c1cc1oc3cc(N(c4ccccc4)c4ccc(-c5ccccc5)cc4)ccc3c1c2-c1ccccc1. The van der Waals surface area contributed by atoms with E-state index >= 15 is 0 Å². The van der Waals surface area contributed by atoms with Gasteiger partial charge >= 0.3 is 0 Å². The first-order chi connectivity index (χ1) is 23.1. The van der Waals surface area contributed by atoms with Crippen molar-refractivity contribution in [2.24, 2.45) is 0 Å². The van der Waals surface area contributed by atoms with Gasteiger partial charge in [0.2, 0.25) is 0 Å². The van der Waals surface area contributed by atoms with Crippen LogP contribution in [0.15, 0.2) is 168 Å². The Hall–Kier alpha value is -5.86. The quantitative estimate of drug-likeness (QED) is 0.195. The number of benzene rings is 7. The molecular formula is C45H33NO. The summed E-state index contributed by atoms with van der Waals surface area (Å²) in [4.78, 5) is 2.30. The fraction of sp³-hybridized carbons (Fsp3) is 0.0667. The molecule has 9 rings (SSSR count). The Balaban J connectivity index is 1.26. The number of nitrogens with zero attached hydrogens (tertiary/aromatic N) is 1. The highest BCUT2D eigenvalue weighted by Crippen LogP contribution is 2.55. The number of para-hydroxylation sites is 1. The number of furan rings is 1. The highest BCUT2D eigenvalue weighted by Gasteiger charge is 2.38. The summed E-state index contributed by atoms with van der Waals surface area (Å²) in [5.41, 5.74) is 15.1. The molecule has 8 aromatic rings. The van der Waals surface area contributed by atoms with Crippen LogP contribution in [0.2, 0.25) is 0 Å². The molecule has 0 saturated carbocycles. The normalized spacial score (nSPS) is 13.1. The number of rotatable bonds is 5. The summed E-state index contributed by atoms with van der Waals surface area (Å²) in [6, 6.07) is 58.6. The first-order valence-electron chi connectivity index (χ1n) is 16.3. The fourth-order valence-electron chi connectivity index (χ4n) is 7.58. The minimum atomic E-state index is -0.135. The van der Waals surface area contributed by atoms with E-state index in [9.17, 15) is 0 Å². The van der Waals surface area contributed by atoms with Gasteiger partial charge < -0.3 is 9.32 Å². The molecule has 1 aromatic heterocycles. The molecule has 224 valence electrons. The maximum absolute atomic E-state index is 6.84. The predicted octanol–water partition coefficient (Wildman–Crippen LogP) is 12.7. The summed E-state index contributed by atoms with van der Waals surface area (Å²) in [6.45, 7) is 4.67. The minimum absolute atomic E-state index is 0.135. The molecule has 0 atom stereocenters. The second kappa shape index (κ2) is 10.6. The molecule has 1 aliphatic rings. The maximum Gasteiger partial charge on any atom is 0.137 e. The first kappa shape index (κ1) is 27.5. The first-order valence-corrected chi connectivity index (χ1v) is 16.3. The van der Waals surface area contributed by atoms with Gasteiger partial charge in [-0.2, -0.15) is 0 Å². The molecule has 2 nitrogen and oxygen atoms in total. The number of hydrogen-bond acceptors (Lipinski definition) is 2. The Bertz CT molecular complexity index is 2400. The smallest absolute Gasteiger partial charge is 0.137 e. The highest BCUT2D eigenvalue weighted by atomic mass is 16.3. The van der Waals surface area contributed by atoms with Gasteiger partial charge in [-0.15, -0.1) is 0 Å². The van der Waals surface area contributed by atoms with Crippen molar-refractivity contribution in [1.29, 1.82) is 0 Å². The van der Waals surface area contributed by atoms with Gasteiger partial charge in [0.05, 0.1) is 0 Å². The Labute approximate surface area is 275 Å². The number of anilines is 3. The summed E-state index contributed by atoms with van der Waals surface area (Å²) in [7, 11) is 0. The van der Waals surface area contributed by atoms with Crippen molar-refractivity contribution in [1.82, 2.24) is 0 Å². The van der Waals surface area contributed by atoms with Crippen molar-refractivity contribution < 1.29 is 4.42 Å².